The topological polar surface area (TPSA) is 12.0 Å². The molecule has 1 rings (SSSR count). The molecule has 0 heterocycles. The monoisotopic (exact) mass is 269 g/mol. The molecular formula is C13H20BrN. The van der Waals surface area contributed by atoms with Crippen LogP contribution in [-0.2, 0) is 0 Å². The van der Waals surface area contributed by atoms with E-state index in [0.717, 1.165) is 10.4 Å². The standard InChI is InChI=1S/C13H20BrN/c1-10(2)7-8-13(15-3)11-5-4-6-12(14)9-11/h4-6,9-10,13,15H,7-8H2,1-3H3. The van der Waals surface area contributed by atoms with Crippen molar-refractivity contribution in [3.05, 3.63) is 34.3 Å². The van der Waals surface area contributed by atoms with Crippen LogP contribution in [0.15, 0.2) is 28.7 Å². The minimum absolute atomic E-state index is 0.477. The van der Waals surface area contributed by atoms with Crippen LogP contribution in [0.2, 0.25) is 0 Å². The Kier molecular flexibility index (Phi) is 5.34. The average molecular weight is 270 g/mol. The van der Waals surface area contributed by atoms with Crippen LogP contribution in [0.25, 0.3) is 0 Å². The van der Waals surface area contributed by atoms with Gasteiger partial charge in [0.25, 0.3) is 0 Å². The highest BCUT2D eigenvalue weighted by Gasteiger charge is 2.09. The van der Waals surface area contributed by atoms with E-state index in [1.807, 2.05) is 7.05 Å². The highest BCUT2D eigenvalue weighted by atomic mass is 79.9. The summed E-state index contributed by atoms with van der Waals surface area (Å²) in [6, 6.07) is 9.02. The Labute approximate surface area is 101 Å². The minimum Gasteiger partial charge on any atom is -0.313 e. The van der Waals surface area contributed by atoms with Crippen molar-refractivity contribution in [1.82, 2.24) is 5.32 Å². The fourth-order valence-electron chi connectivity index (χ4n) is 1.70. The van der Waals surface area contributed by atoms with Crippen molar-refractivity contribution in [2.75, 3.05) is 7.05 Å². The molecule has 1 unspecified atom stereocenters. The first-order valence-corrected chi connectivity index (χ1v) is 6.35. The molecule has 0 saturated heterocycles. The molecule has 0 aliphatic rings. The average Bonchev–Trinajstić information content (AvgIpc) is 2.18. The van der Waals surface area contributed by atoms with Crippen molar-refractivity contribution >= 4 is 15.9 Å². The van der Waals surface area contributed by atoms with Crippen molar-refractivity contribution in [3.8, 4) is 0 Å². The van der Waals surface area contributed by atoms with E-state index >= 15 is 0 Å². The Hall–Kier alpha value is -0.340. The summed E-state index contributed by atoms with van der Waals surface area (Å²) in [5.74, 6) is 0.771. The van der Waals surface area contributed by atoms with Crippen LogP contribution in [0.4, 0.5) is 0 Å². The van der Waals surface area contributed by atoms with Crippen molar-refractivity contribution < 1.29 is 0 Å². The predicted molar refractivity (Wildman–Crippen MR) is 70.0 cm³/mol. The highest BCUT2D eigenvalue weighted by molar-refractivity contribution is 9.10. The Bertz CT molecular complexity index is 296. The van der Waals surface area contributed by atoms with Gasteiger partial charge in [-0.05, 0) is 43.5 Å². The molecule has 1 aromatic rings. The number of hydrogen-bond donors (Lipinski definition) is 1. The highest BCUT2D eigenvalue weighted by Crippen LogP contribution is 2.23. The zero-order valence-electron chi connectivity index (χ0n) is 9.76. The van der Waals surface area contributed by atoms with Crippen LogP contribution in [0.3, 0.4) is 0 Å². The van der Waals surface area contributed by atoms with E-state index in [-0.39, 0.29) is 0 Å². The Morgan fingerprint density at radius 3 is 2.53 bits per heavy atom. The summed E-state index contributed by atoms with van der Waals surface area (Å²) in [5.41, 5.74) is 1.37. The molecule has 84 valence electrons. The molecule has 0 bridgehead atoms. The number of rotatable bonds is 5. The Morgan fingerprint density at radius 1 is 1.27 bits per heavy atom. The number of hydrogen-bond acceptors (Lipinski definition) is 1. The summed E-state index contributed by atoms with van der Waals surface area (Å²) < 4.78 is 1.16. The van der Waals surface area contributed by atoms with E-state index in [1.54, 1.807) is 0 Å². The molecule has 2 heteroatoms. The third-order valence-electron chi connectivity index (χ3n) is 2.63. The van der Waals surface area contributed by atoms with Crippen LogP contribution >= 0.6 is 15.9 Å². The lowest BCUT2D eigenvalue weighted by molar-refractivity contribution is 0.465. The lowest BCUT2D eigenvalue weighted by Gasteiger charge is -2.18. The summed E-state index contributed by atoms with van der Waals surface area (Å²) in [6.07, 6.45) is 2.46. The molecule has 0 aliphatic heterocycles. The van der Waals surface area contributed by atoms with Gasteiger partial charge < -0.3 is 5.32 Å². The van der Waals surface area contributed by atoms with Gasteiger partial charge in [-0.3, -0.25) is 0 Å². The van der Waals surface area contributed by atoms with E-state index in [4.69, 9.17) is 0 Å². The molecular weight excluding hydrogens is 250 g/mol. The molecule has 0 fully saturated rings. The lowest BCUT2D eigenvalue weighted by atomic mass is 9.98. The number of nitrogens with one attached hydrogen (secondary N) is 1. The van der Waals surface area contributed by atoms with Gasteiger partial charge in [0.15, 0.2) is 0 Å². The van der Waals surface area contributed by atoms with Crippen LogP contribution in [0.1, 0.15) is 38.3 Å². The van der Waals surface area contributed by atoms with Crippen molar-refractivity contribution in [1.29, 1.82) is 0 Å². The zero-order valence-corrected chi connectivity index (χ0v) is 11.3. The van der Waals surface area contributed by atoms with Gasteiger partial charge in [-0.25, -0.2) is 0 Å². The van der Waals surface area contributed by atoms with Gasteiger partial charge in [0.05, 0.1) is 0 Å². The molecule has 1 nitrogen and oxygen atoms in total. The minimum atomic E-state index is 0.477. The van der Waals surface area contributed by atoms with Gasteiger partial charge in [-0.1, -0.05) is 41.9 Å². The Morgan fingerprint density at radius 2 is 2.00 bits per heavy atom. The third-order valence-corrected chi connectivity index (χ3v) is 3.13. The van der Waals surface area contributed by atoms with Crippen LogP contribution < -0.4 is 5.32 Å². The van der Waals surface area contributed by atoms with Crippen molar-refractivity contribution in [2.24, 2.45) is 5.92 Å². The first-order chi connectivity index (χ1) is 7.13. The Balaban J connectivity index is 2.65. The van der Waals surface area contributed by atoms with E-state index in [1.165, 1.54) is 18.4 Å². The van der Waals surface area contributed by atoms with Crippen LogP contribution in [0, 0.1) is 5.92 Å². The van der Waals surface area contributed by atoms with E-state index in [9.17, 15) is 0 Å². The number of benzene rings is 1. The smallest absolute Gasteiger partial charge is 0.0318 e. The summed E-state index contributed by atoms with van der Waals surface area (Å²) in [6.45, 7) is 4.54. The second-order valence-corrected chi connectivity index (χ2v) is 5.28. The third kappa shape index (κ3) is 4.35. The van der Waals surface area contributed by atoms with E-state index in [0.29, 0.717) is 6.04 Å². The van der Waals surface area contributed by atoms with Crippen molar-refractivity contribution in [2.45, 2.75) is 32.7 Å². The molecule has 1 atom stereocenters. The molecule has 15 heavy (non-hydrogen) atoms. The molecule has 0 spiro atoms. The first-order valence-electron chi connectivity index (χ1n) is 5.56. The van der Waals surface area contributed by atoms with Gasteiger partial charge in [0, 0.05) is 10.5 Å². The normalized spacial score (nSPS) is 13.1. The fraction of sp³-hybridized carbons (Fsp3) is 0.538. The summed E-state index contributed by atoms with van der Waals surface area (Å²) in [7, 11) is 2.03. The first kappa shape index (κ1) is 12.7. The SMILES string of the molecule is CNC(CCC(C)C)c1cccc(Br)c1. The zero-order chi connectivity index (χ0) is 11.3. The number of halogens is 1. The molecule has 1 aromatic carbocycles. The van der Waals surface area contributed by atoms with Crippen LogP contribution in [-0.4, -0.2) is 7.05 Å². The molecule has 1 N–H and O–H groups in total. The molecule has 0 aromatic heterocycles. The van der Waals surface area contributed by atoms with Gasteiger partial charge in [-0.15, -0.1) is 0 Å². The van der Waals surface area contributed by atoms with E-state index in [2.05, 4.69) is 59.4 Å². The van der Waals surface area contributed by atoms with Crippen molar-refractivity contribution in [3.63, 3.8) is 0 Å². The van der Waals surface area contributed by atoms with Gasteiger partial charge in [0.2, 0.25) is 0 Å². The summed E-state index contributed by atoms with van der Waals surface area (Å²) in [5, 5.41) is 3.38. The van der Waals surface area contributed by atoms with Gasteiger partial charge >= 0.3 is 0 Å². The maximum atomic E-state index is 3.51. The maximum Gasteiger partial charge on any atom is 0.0318 e. The maximum absolute atomic E-state index is 3.51. The second-order valence-electron chi connectivity index (χ2n) is 4.37. The summed E-state index contributed by atoms with van der Waals surface area (Å²) in [4.78, 5) is 0. The quantitative estimate of drug-likeness (QED) is 0.847. The largest absolute Gasteiger partial charge is 0.313 e. The predicted octanol–water partition coefficient (Wildman–Crippen LogP) is 4.15. The summed E-state index contributed by atoms with van der Waals surface area (Å²) >= 11 is 3.51. The molecule has 0 amide bonds. The van der Waals surface area contributed by atoms with Gasteiger partial charge in [-0.2, -0.15) is 0 Å². The fourth-order valence-corrected chi connectivity index (χ4v) is 2.12. The van der Waals surface area contributed by atoms with Crippen LogP contribution in [0.5, 0.6) is 0 Å². The second kappa shape index (κ2) is 6.29. The lowest BCUT2D eigenvalue weighted by Crippen LogP contribution is -2.16. The van der Waals surface area contributed by atoms with E-state index < -0.39 is 0 Å². The van der Waals surface area contributed by atoms with Gasteiger partial charge in [0.1, 0.15) is 0 Å². The molecule has 0 radical (unpaired) electrons. The molecule has 0 saturated carbocycles. The molecule has 0 aliphatic carbocycles.